The van der Waals surface area contributed by atoms with Crippen molar-refractivity contribution < 1.29 is 4.74 Å². The maximum atomic E-state index is 5.70. The van der Waals surface area contributed by atoms with Crippen molar-refractivity contribution in [2.75, 3.05) is 13.2 Å². The summed E-state index contributed by atoms with van der Waals surface area (Å²) in [6.45, 7) is 6.73. The molecule has 0 aromatic heterocycles. The second kappa shape index (κ2) is 6.19. The molecule has 1 atom stereocenters. The van der Waals surface area contributed by atoms with Gasteiger partial charge < -0.3 is 10.1 Å². The summed E-state index contributed by atoms with van der Waals surface area (Å²) < 4.78 is 5.70. The van der Waals surface area contributed by atoms with Crippen LogP contribution in [0.4, 0.5) is 0 Å². The van der Waals surface area contributed by atoms with Crippen molar-refractivity contribution in [1.29, 1.82) is 0 Å². The van der Waals surface area contributed by atoms with Crippen molar-refractivity contribution >= 4 is 0 Å². The molecule has 2 fully saturated rings. The van der Waals surface area contributed by atoms with Gasteiger partial charge in [-0.25, -0.2) is 0 Å². The van der Waals surface area contributed by atoms with Gasteiger partial charge in [0.25, 0.3) is 0 Å². The Morgan fingerprint density at radius 1 is 1.29 bits per heavy atom. The smallest absolute Gasteiger partial charge is 0.0576 e. The van der Waals surface area contributed by atoms with Crippen LogP contribution in [0.25, 0.3) is 0 Å². The fraction of sp³-hybridized carbons (Fsp3) is 1.00. The van der Waals surface area contributed by atoms with E-state index in [1.54, 1.807) is 0 Å². The first-order valence-electron chi connectivity index (χ1n) is 7.55. The molecule has 1 saturated carbocycles. The highest BCUT2D eigenvalue weighted by molar-refractivity contribution is 4.90. The zero-order valence-corrected chi connectivity index (χ0v) is 11.6. The predicted octanol–water partition coefficient (Wildman–Crippen LogP) is 3.50. The molecule has 1 unspecified atom stereocenters. The van der Waals surface area contributed by atoms with Gasteiger partial charge in [0.2, 0.25) is 0 Å². The molecular weight excluding hydrogens is 210 g/mol. The van der Waals surface area contributed by atoms with E-state index in [1.165, 1.54) is 57.9 Å². The van der Waals surface area contributed by atoms with E-state index in [2.05, 4.69) is 19.2 Å². The second-order valence-corrected chi connectivity index (χ2v) is 6.42. The highest BCUT2D eigenvalue weighted by Crippen LogP contribution is 2.44. The van der Waals surface area contributed by atoms with Gasteiger partial charge in [0, 0.05) is 19.2 Å². The van der Waals surface area contributed by atoms with Gasteiger partial charge in [0.15, 0.2) is 0 Å². The predicted molar refractivity (Wildman–Crippen MR) is 72.2 cm³/mol. The molecule has 0 spiro atoms. The molecule has 1 saturated heterocycles. The van der Waals surface area contributed by atoms with Crippen LogP contribution in [0.3, 0.4) is 0 Å². The van der Waals surface area contributed by atoms with Gasteiger partial charge in [-0.05, 0) is 43.9 Å². The van der Waals surface area contributed by atoms with Crippen LogP contribution in [0.15, 0.2) is 0 Å². The van der Waals surface area contributed by atoms with Crippen molar-refractivity contribution in [3.8, 4) is 0 Å². The Kier molecular flexibility index (Phi) is 4.87. The van der Waals surface area contributed by atoms with Crippen LogP contribution < -0.4 is 5.32 Å². The molecule has 2 heteroatoms. The van der Waals surface area contributed by atoms with Crippen LogP contribution in [0, 0.1) is 5.41 Å². The Bertz CT molecular complexity index is 217. The first kappa shape index (κ1) is 13.4. The van der Waals surface area contributed by atoms with Crippen molar-refractivity contribution in [2.24, 2.45) is 5.41 Å². The molecule has 0 bridgehead atoms. The maximum absolute atomic E-state index is 5.70. The summed E-state index contributed by atoms with van der Waals surface area (Å²) in [4.78, 5) is 0. The molecule has 0 amide bonds. The van der Waals surface area contributed by atoms with Crippen LogP contribution >= 0.6 is 0 Å². The second-order valence-electron chi connectivity index (χ2n) is 6.42. The summed E-state index contributed by atoms with van der Waals surface area (Å²) >= 11 is 0. The SMILES string of the molecule is CC(C)NCC1(CCCC2CCCO2)CCC1. The lowest BCUT2D eigenvalue weighted by molar-refractivity contribution is 0.0791. The molecular formula is C15H29NO. The van der Waals surface area contributed by atoms with Crippen LogP contribution in [-0.4, -0.2) is 25.3 Å². The van der Waals surface area contributed by atoms with Gasteiger partial charge in [-0.2, -0.15) is 0 Å². The van der Waals surface area contributed by atoms with Crippen molar-refractivity contribution in [1.82, 2.24) is 5.32 Å². The van der Waals surface area contributed by atoms with Crippen LogP contribution in [0.2, 0.25) is 0 Å². The molecule has 100 valence electrons. The van der Waals surface area contributed by atoms with Crippen LogP contribution in [-0.2, 0) is 4.74 Å². The first-order valence-corrected chi connectivity index (χ1v) is 7.55. The number of hydrogen-bond acceptors (Lipinski definition) is 2. The minimum absolute atomic E-state index is 0.588. The fourth-order valence-electron chi connectivity index (χ4n) is 3.19. The fourth-order valence-corrected chi connectivity index (χ4v) is 3.19. The molecule has 2 rings (SSSR count). The molecule has 1 aliphatic carbocycles. The van der Waals surface area contributed by atoms with Crippen LogP contribution in [0.5, 0.6) is 0 Å². The summed E-state index contributed by atoms with van der Waals surface area (Å²) in [5.41, 5.74) is 0.642. The Morgan fingerprint density at radius 3 is 2.65 bits per heavy atom. The van der Waals surface area contributed by atoms with Crippen molar-refractivity contribution in [3.05, 3.63) is 0 Å². The van der Waals surface area contributed by atoms with Gasteiger partial charge in [-0.15, -0.1) is 0 Å². The topological polar surface area (TPSA) is 21.3 Å². The third-order valence-corrected chi connectivity index (χ3v) is 4.56. The van der Waals surface area contributed by atoms with E-state index < -0.39 is 0 Å². The van der Waals surface area contributed by atoms with Crippen molar-refractivity contribution in [2.45, 2.75) is 77.4 Å². The summed E-state index contributed by atoms with van der Waals surface area (Å²) in [5.74, 6) is 0. The summed E-state index contributed by atoms with van der Waals surface area (Å²) in [5, 5.41) is 3.64. The number of ether oxygens (including phenoxy) is 1. The molecule has 2 nitrogen and oxygen atoms in total. The lowest BCUT2D eigenvalue weighted by Gasteiger charge is -2.43. The average molecular weight is 239 g/mol. The van der Waals surface area contributed by atoms with Gasteiger partial charge in [0.05, 0.1) is 6.10 Å². The van der Waals surface area contributed by atoms with E-state index in [4.69, 9.17) is 4.74 Å². The summed E-state index contributed by atoms with van der Waals surface area (Å²) in [6, 6.07) is 0.630. The zero-order chi connectivity index (χ0) is 12.1. The summed E-state index contributed by atoms with van der Waals surface area (Å²) in [7, 11) is 0. The number of hydrogen-bond donors (Lipinski definition) is 1. The highest BCUT2D eigenvalue weighted by atomic mass is 16.5. The van der Waals surface area contributed by atoms with Gasteiger partial charge in [-0.1, -0.05) is 26.7 Å². The number of rotatable bonds is 7. The minimum atomic E-state index is 0.588. The molecule has 2 aliphatic rings. The quantitative estimate of drug-likeness (QED) is 0.734. The molecule has 1 aliphatic heterocycles. The van der Waals surface area contributed by atoms with Gasteiger partial charge in [-0.3, -0.25) is 0 Å². The Labute approximate surface area is 107 Å². The number of nitrogens with one attached hydrogen (secondary N) is 1. The van der Waals surface area contributed by atoms with E-state index >= 15 is 0 Å². The summed E-state index contributed by atoms with van der Waals surface area (Å²) in [6.07, 6.45) is 11.6. The normalized spacial score (nSPS) is 27.4. The van der Waals surface area contributed by atoms with Gasteiger partial charge in [0.1, 0.15) is 0 Å². The monoisotopic (exact) mass is 239 g/mol. The minimum Gasteiger partial charge on any atom is -0.378 e. The lowest BCUT2D eigenvalue weighted by Crippen LogP contribution is -2.42. The van der Waals surface area contributed by atoms with Gasteiger partial charge >= 0.3 is 0 Å². The van der Waals surface area contributed by atoms with Crippen LogP contribution in [0.1, 0.15) is 65.2 Å². The van der Waals surface area contributed by atoms with E-state index in [0.717, 1.165) is 6.61 Å². The standard InChI is InChI=1S/C15H29NO/c1-13(2)16-12-15(9-5-10-15)8-3-6-14-7-4-11-17-14/h13-14,16H,3-12H2,1-2H3. The molecule has 0 radical (unpaired) electrons. The molecule has 1 N–H and O–H groups in total. The molecule has 1 heterocycles. The first-order chi connectivity index (χ1) is 8.20. The Morgan fingerprint density at radius 2 is 2.12 bits per heavy atom. The van der Waals surface area contributed by atoms with E-state index in [9.17, 15) is 0 Å². The van der Waals surface area contributed by atoms with E-state index in [0.29, 0.717) is 17.6 Å². The molecule has 0 aromatic rings. The Hall–Kier alpha value is -0.0800. The largest absolute Gasteiger partial charge is 0.378 e. The third kappa shape index (κ3) is 3.96. The average Bonchev–Trinajstić information content (AvgIpc) is 2.73. The van der Waals surface area contributed by atoms with E-state index in [1.807, 2.05) is 0 Å². The molecule has 0 aromatic carbocycles. The zero-order valence-electron chi connectivity index (χ0n) is 11.6. The van der Waals surface area contributed by atoms with Crippen molar-refractivity contribution in [3.63, 3.8) is 0 Å². The van der Waals surface area contributed by atoms with E-state index in [-0.39, 0.29) is 0 Å². The Balaban J connectivity index is 1.64. The highest BCUT2D eigenvalue weighted by Gasteiger charge is 2.36. The maximum Gasteiger partial charge on any atom is 0.0576 e. The molecule has 17 heavy (non-hydrogen) atoms. The third-order valence-electron chi connectivity index (χ3n) is 4.56. The lowest BCUT2D eigenvalue weighted by atomic mass is 9.65.